The maximum atomic E-state index is 9.85. The average Bonchev–Trinajstić information content (AvgIpc) is 2.35. The van der Waals surface area contributed by atoms with Crippen molar-refractivity contribution in [3.05, 3.63) is 0 Å². The number of aliphatic hydroxyl groups is 1. The minimum absolute atomic E-state index is 0.0409. The van der Waals surface area contributed by atoms with Gasteiger partial charge in [-0.2, -0.15) is 0 Å². The van der Waals surface area contributed by atoms with Gasteiger partial charge in [0.05, 0.1) is 25.4 Å². The minimum atomic E-state index is -0.322. The zero-order valence-corrected chi connectivity index (χ0v) is 16.2. The number of rotatable bonds is 11. The summed E-state index contributed by atoms with van der Waals surface area (Å²) in [6, 6.07) is 0. The molecule has 1 fully saturated rings. The SMILES string of the molecule is CCCC(C)(C)CC(OCC1OCC1OC)C(C)(C)CC(C)O. The van der Waals surface area contributed by atoms with Crippen LogP contribution in [0, 0.1) is 10.8 Å². The van der Waals surface area contributed by atoms with Gasteiger partial charge in [-0.15, -0.1) is 0 Å². The number of aliphatic hydroxyl groups excluding tert-OH is 1. The van der Waals surface area contributed by atoms with Crippen LogP contribution in [-0.4, -0.2) is 49.8 Å². The van der Waals surface area contributed by atoms with Crippen molar-refractivity contribution in [1.82, 2.24) is 0 Å². The first-order valence-corrected chi connectivity index (χ1v) is 9.05. The third-order valence-corrected chi connectivity index (χ3v) is 5.01. The highest BCUT2D eigenvalue weighted by atomic mass is 16.6. The van der Waals surface area contributed by atoms with Crippen molar-refractivity contribution in [1.29, 1.82) is 0 Å². The Balaban J connectivity index is 2.71. The van der Waals surface area contributed by atoms with Crippen LogP contribution in [0.15, 0.2) is 0 Å². The molecule has 0 aromatic rings. The van der Waals surface area contributed by atoms with E-state index in [9.17, 15) is 5.11 Å². The fraction of sp³-hybridized carbons (Fsp3) is 1.00. The molecule has 1 saturated heterocycles. The first-order valence-electron chi connectivity index (χ1n) is 9.05. The minimum Gasteiger partial charge on any atom is -0.393 e. The van der Waals surface area contributed by atoms with Crippen molar-refractivity contribution in [2.24, 2.45) is 10.8 Å². The van der Waals surface area contributed by atoms with E-state index in [1.807, 2.05) is 6.92 Å². The second-order valence-electron chi connectivity index (χ2n) is 8.63. The van der Waals surface area contributed by atoms with E-state index in [0.717, 1.165) is 12.8 Å². The lowest BCUT2D eigenvalue weighted by Gasteiger charge is -2.42. The monoisotopic (exact) mass is 330 g/mol. The van der Waals surface area contributed by atoms with E-state index in [2.05, 4.69) is 34.6 Å². The average molecular weight is 331 g/mol. The summed E-state index contributed by atoms with van der Waals surface area (Å²) in [6.07, 6.45) is 4.05. The van der Waals surface area contributed by atoms with Crippen LogP contribution in [-0.2, 0) is 14.2 Å². The number of methoxy groups -OCH3 is 1. The van der Waals surface area contributed by atoms with Crippen molar-refractivity contribution in [3.63, 3.8) is 0 Å². The summed E-state index contributed by atoms with van der Waals surface area (Å²) in [7, 11) is 1.72. The Hall–Kier alpha value is -0.160. The van der Waals surface area contributed by atoms with Crippen molar-refractivity contribution < 1.29 is 19.3 Å². The summed E-state index contributed by atoms with van der Waals surface area (Å²) < 4.78 is 17.2. The summed E-state index contributed by atoms with van der Waals surface area (Å²) in [5.41, 5.74) is 0.155. The Bertz CT molecular complexity index is 336. The zero-order valence-electron chi connectivity index (χ0n) is 16.2. The first kappa shape index (κ1) is 20.9. The quantitative estimate of drug-likeness (QED) is 0.626. The maximum absolute atomic E-state index is 9.85. The lowest BCUT2D eigenvalue weighted by Crippen LogP contribution is -2.50. The normalized spacial score (nSPS) is 25.0. The molecule has 4 atom stereocenters. The van der Waals surface area contributed by atoms with Gasteiger partial charge in [-0.25, -0.2) is 0 Å². The fourth-order valence-electron chi connectivity index (χ4n) is 3.63. The molecule has 0 amide bonds. The lowest BCUT2D eigenvalue weighted by molar-refractivity contribution is -0.210. The largest absolute Gasteiger partial charge is 0.393 e. The molecule has 0 spiro atoms. The molecule has 0 radical (unpaired) electrons. The van der Waals surface area contributed by atoms with Gasteiger partial charge in [0, 0.05) is 7.11 Å². The van der Waals surface area contributed by atoms with E-state index in [1.165, 1.54) is 12.8 Å². The van der Waals surface area contributed by atoms with Crippen LogP contribution in [0.5, 0.6) is 0 Å². The van der Waals surface area contributed by atoms with Crippen molar-refractivity contribution in [3.8, 4) is 0 Å². The Morgan fingerprint density at radius 3 is 2.30 bits per heavy atom. The van der Waals surface area contributed by atoms with Gasteiger partial charge in [0.15, 0.2) is 0 Å². The standard InChI is InChI=1S/C19H38O4/c1-8-9-18(3,4)11-17(19(5,6)10-14(2)20)23-13-16-15(21-7)12-22-16/h14-17,20H,8-13H2,1-7H3. The molecule has 0 aliphatic carbocycles. The lowest BCUT2D eigenvalue weighted by atomic mass is 9.72. The molecular formula is C19H38O4. The van der Waals surface area contributed by atoms with Crippen LogP contribution in [0.25, 0.3) is 0 Å². The molecule has 4 nitrogen and oxygen atoms in total. The van der Waals surface area contributed by atoms with Crippen LogP contribution in [0.4, 0.5) is 0 Å². The summed E-state index contributed by atoms with van der Waals surface area (Å²) in [5.74, 6) is 0. The molecule has 0 saturated carbocycles. The van der Waals surface area contributed by atoms with Gasteiger partial charge >= 0.3 is 0 Å². The first-order chi connectivity index (χ1) is 10.6. The highest BCUT2D eigenvalue weighted by Gasteiger charge is 2.38. The van der Waals surface area contributed by atoms with Crippen LogP contribution >= 0.6 is 0 Å². The smallest absolute Gasteiger partial charge is 0.109 e. The van der Waals surface area contributed by atoms with Crippen molar-refractivity contribution in [2.45, 2.75) is 91.6 Å². The van der Waals surface area contributed by atoms with Crippen LogP contribution < -0.4 is 0 Å². The maximum Gasteiger partial charge on any atom is 0.109 e. The summed E-state index contributed by atoms with van der Waals surface area (Å²) in [6.45, 7) is 14.3. The number of ether oxygens (including phenoxy) is 3. The predicted octanol–water partition coefficient (Wildman–Crippen LogP) is 3.80. The Morgan fingerprint density at radius 1 is 1.22 bits per heavy atom. The van der Waals surface area contributed by atoms with E-state index in [0.29, 0.717) is 13.2 Å². The van der Waals surface area contributed by atoms with Gasteiger partial charge in [0.1, 0.15) is 12.2 Å². The van der Waals surface area contributed by atoms with E-state index < -0.39 is 0 Å². The van der Waals surface area contributed by atoms with Crippen molar-refractivity contribution >= 4 is 0 Å². The van der Waals surface area contributed by atoms with Crippen LogP contribution in [0.1, 0.15) is 67.2 Å². The van der Waals surface area contributed by atoms with Crippen LogP contribution in [0.2, 0.25) is 0 Å². The highest BCUT2D eigenvalue weighted by molar-refractivity contribution is 4.87. The summed E-state index contributed by atoms with van der Waals surface area (Å²) >= 11 is 0. The summed E-state index contributed by atoms with van der Waals surface area (Å²) in [5, 5.41) is 9.85. The second kappa shape index (κ2) is 8.80. The third kappa shape index (κ3) is 6.69. The summed E-state index contributed by atoms with van der Waals surface area (Å²) in [4.78, 5) is 0. The van der Waals surface area contributed by atoms with Gasteiger partial charge < -0.3 is 19.3 Å². The number of hydrogen-bond acceptors (Lipinski definition) is 4. The molecule has 1 N–H and O–H groups in total. The van der Waals surface area contributed by atoms with Gasteiger partial charge in [0.25, 0.3) is 0 Å². The topological polar surface area (TPSA) is 47.9 Å². The fourth-order valence-corrected chi connectivity index (χ4v) is 3.63. The molecule has 4 unspecified atom stereocenters. The Labute approximate surface area is 142 Å². The third-order valence-electron chi connectivity index (χ3n) is 5.01. The van der Waals surface area contributed by atoms with Crippen LogP contribution in [0.3, 0.4) is 0 Å². The molecule has 1 aliphatic heterocycles. The zero-order chi connectivity index (χ0) is 17.7. The molecule has 0 aromatic carbocycles. The van der Waals surface area contributed by atoms with Gasteiger partial charge in [-0.3, -0.25) is 0 Å². The van der Waals surface area contributed by atoms with Gasteiger partial charge in [-0.1, -0.05) is 41.0 Å². The molecule has 1 aliphatic rings. The molecule has 0 bridgehead atoms. The van der Waals surface area contributed by atoms with E-state index in [1.54, 1.807) is 7.11 Å². The van der Waals surface area contributed by atoms with E-state index in [4.69, 9.17) is 14.2 Å². The second-order valence-corrected chi connectivity index (χ2v) is 8.63. The molecule has 1 heterocycles. The molecule has 23 heavy (non-hydrogen) atoms. The molecule has 1 rings (SSSR count). The van der Waals surface area contributed by atoms with E-state index >= 15 is 0 Å². The molecule has 138 valence electrons. The number of hydrogen-bond donors (Lipinski definition) is 1. The van der Waals surface area contributed by atoms with E-state index in [-0.39, 0.29) is 35.2 Å². The Morgan fingerprint density at radius 2 is 1.87 bits per heavy atom. The highest BCUT2D eigenvalue weighted by Crippen LogP contribution is 2.39. The molecular weight excluding hydrogens is 292 g/mol. The van der Waals surface area contributed by atoms with Gasteiger partial charge in [-0.05, 0) is 37.0 Å². The predicted molar refractivity (Wildman–Crippen MR) is 93.7 cm³/mol. The molecule has 0 aromatic heterocycles. The van der Waals surface area contributed by atoms with Gasteiger partial charge in [0.2, 0.25) is 0 Å². The molecule has 4 heteroatoms. The Kier molecular flexibility index (Phi) is 7.99. The van der Waals surface area contributed by atoms with Crippen molar-refractivity contribution in [2.75, 3.05) is 20.3 Å².